The minimum Gasteiger partial charge on any atom is -0.337 e. The summed E-state index contributed by atoms with van der Waals surface area (Å²) < 4.78 is 0. The number of amides is 2. The van der Waals surface area contributed by atoms with Crippen molar-refractivity contribution in [1.82, 2.24) is 15.6 Å². The maximum Gasteiger partial charge on any atom is 0.270 e. The normalized spacial score (nSPS) is 11.9. The molecule has 0 unspecified atom stereocenters. The number of nitrogens with one attached hydrogen (secondary N) is 2. The lowest BCUT2D eigenvalue weighted by molar-refractivity contribution is -0.124. The Kier molecular flexibility index (Phi) is 4.96. The van der Waals surface area contributed by atoms with Crippen LogP contribution >= 0.6 is 0 Å². The van der Waals surface area contributed by atoms with Gasteiger partial charge in [0.25, 0.3) is 5.91 Å². The monoisotopic (exact) mass is 276 g/mol. The number of aromatic nitrogens is 1. The van der Waals surface area contributed by atoms with E-state index in [9.17, 15) is 9.59 Å². The zero-order valence-electron chi connectivity index (χ0n) is 12.4. The first-order valence-electron chi connectivity index (χ1n) is 6.26. The molecule has 2 N–H and O–H groups in total. The summed E-state index contributed by atoms with van der Waals surface area (Å²) >= 11 is 0. The molecule has 0 aromatic carbocycles. The SMILES string of the molecule is CN=C(C)NC(=O)C(C)(C)NC(=O)c1cc(C)ccn1. The van der Waals surface area contributed by atoms with Crippen molar-refractivity contribution < 1.29 is 9.59 Å². The second kappa shape index (κ2) is 6.27. The predicted molar refractivity (Wildman–Crippen MR) is 77.7 cm³/mol. The van der Waals surface area contributed by atoms with E-state index in [1.165, 1.54) is 0 Å². The molecule has 0 radical (unpaired) electrons. The molecule has 1 aromatic rings. The van der Waals surface area contributed by atoms with Gasteiger partial charge in [0, 0.05) is 13.2 Å². The fourth-order valence-electron chi connectivity index (χ4n) is 1.44. The van der Waals surface area contributed by atoms with Gasteiger partial charge in [-0.15, -0.1) is 0 Å². The van der Waals surface area contributed by atoms with Crippen LogP contribution in [0.25, 0.3) is 0 Å². The summed E-state index contributed by atoms with van der Waals surface area (Å²) in [6.07, 6.45) is 1.56. The molecular formula is C14H20N4O2. The third-order valence-electron chi connectivity index (χ3n) is 2.77. The van der Waals surface area contributed by atoms with Gasteiger partial charge >= 0.3 is 0 Å². The zero-order valence-corrected chi connectivity index (χ0v) is 12.4. The number of carbonyl (C=O) groups is 2. The Morgan fingerprint density at radius 1 is 1.35 bits per heavy atom. The van der Waals surface area contributed by atoms with E-state index >= 15 is 0 Å². The summed E-state index contributed by atoms with van der Waals surface area (Å²) in [5.74, 6) is -0.229. The number of nitrogens with zero attached hydrogens (tertiary/aromatic N) is 2. The van der Waals surface area contributed by atoms with Gasteiger partial charge in [-0.2, -0.15) is 0 Å². The second-order valence-corrected chi connectivity index (χ2v) is 5.06. The van der Waals surface area contributed by atoms with Crippen molar-refractivity contribution in [3.8, 4) is 0 Å². The Bertz CT molecular complexity index is 550. The minimum atomic E-state index is -1.06. The molecule has 108 valence electrons. The summed E-state index contributed by atoms with van der Waals surface area (Å²) in [5, 5.41) is 5.27. The largest absolute Gasteiger partial charge is 0.337 e. The molecule has 0 aliphatic carbocycles. The van der Waals surface area contributed by atoms with Crippen LogP contribution in [0.3, 0.4) is 0 Å². The van der Waals surface area contributed by atoms with Crippen LogP contribution in [0.15, 0.2) is 23.3 Å². The van der Waals surface area contributed by atoms with Crippen molar-refractivity contribution in [2.45, 2.75) is 33.2 Å². The number of hydrogen-bond acceptors (Lipinski definition) is 4. The van der Waals surface area contributed by atoms with Gasteiger partial charge in [-0.05, 0) is 45.4 Å². The van der Waals surface area contributed by atoms with Crippen molar-refractivity contribution in [1.29, 1.82) is 0 Å². The van der Waals surface area contributed by atoms with Crippen molar-refractivity contribution in [2.24, 2.45) is 4.99 Å². The average Bonchev–Trinajstić information content (AvgIpc) is 2.37. The summed E-state index contributed by atoms with van der Waals surface area (Å²) in [6, 6.07) is 3.47. The molecule has 0 saturated heterocycles. The molecule has 1 heterocycles. The highest BCUT2D eigenvalue weighted by Gasteiger charge is 2.30. The Balaban J connectivity index is 2.80. The number of carbonyl (C=O) groups excluding carboxylic acids is 2. The van der Waals surface area contributed by atoms with E-state index in [-0.39, 0.29) is 17.5 Å². The van der Waals surface area contributed by atoms with E-state index in [1.807, 2.05) is 6.92 Å². The quantitative estimate of drug-likeness (QED) is 0.639. The third-order valence-corrected chi connectivity index (χ3v) is 2.77. The van der Waals surface area contributed by atoms with Crippen molar-refractivity contribution in [3.63, 3.8) is 0 Å². The van der Waals surface area contributed by atoms with Crippen LogP contribution < -0.4 is 10.6 Å². The summed E-state index contributed by atoms with van der Waals surface area (Å²) in [7, 11) is 1.58. The highest BCUT2D eigenvalue weighted by molar-refractivity contribution is 6.04. The zero-order chi connectivity index (χ0) is 15.3. The molecule has 0 spiro atoms. The highest BCUT2D eigenvalue weighted by atomic mass is 16.2. The maximum absolute atomic E-state index is 12.1. The molecule has 1 rings (SSSR count). The first-order valence-corrected chi connectivity index (χ1v) is 6.26. The van der Waals surface area contributed by atoms with Crippen LogP contribution in [0.2, 0.25) is 0 Å². The van der Waals surface area contributed by atoms with Crippen LogP contribution in [0.4, 0.5) is 0 Å². The highest BCUT2D eigenvalue weighted by Crippen LogP contribution is 2.06. The Morgan fingerprint density at radius 3 is 2.55 bits per heavy atom. The molecule has 20 heavy (non-hydrogen) atoms. The number of hydrogen-bond donors (Lipinski definition) is 2. The van der Waals surface area contributed by atoms with Gasteiger partial charge in [-0.1, -0.05) is 0 Å². The standard InChI is InChI=1S/C14H20N4O2/c1-9-6-7-16-11(8-9)12(19)18-14(3,4)13(20)17-10(2)15-5/h6-8H,1-5H3,(H,18,19)(H,15,17,20). The lowest BCUT2D eigenvalue weighted by atomic mass is 10.0. The van der Waals surface area contributed by atoms with Gasteiger partial charge < -0.3 is 10.6 Å². The molecule has 0 aliphatic heterocycles. The lowest BCUT2D eigenvalue weighted by Crippen LogP contribution is -2.55. The molecule has 6 heteroatoms. The summed E-state index contributed by atoms with van der Waals surface area (Å²) in [4.78, 5) is 32.0. The second-order valence-electron chi connectivity index (χ2n) is 5.06. The minimum absolute atomic E-state index is 0.284. The number of aryl methyl sites for hydroxylation is 1. The maximum atomic E-state index is 12.1. The van der Waals surface area contributed by atoms with Gasteiger partial charge in [-0.3, -0.25) is 19.6 Å². The lowest BCUT2D eigenvalue weighted by Gasteiger charge is -2.24. The van der Waals surface area contributed by atoms with Gasteiger partial charge in [0.05, 0.1) is 5.84 Å². The molecular weight excluding hydrogens is 256 g/mol. The Labute approximate surface area is 118 Å². The first kappa shape index (κ1) is 15.8. The Hall–Kier alpha value is -2.24. The third kappa shape index (κ3) is 4.15. The molecule has 0 fully saturated rings. The van der Waals surface area contributed by atoms with E-state index in [2.05, 4.69) is 20.6 Å². The molecule has 6 nitrogen and oxygen atoms in total. The van der Waals surface area contributed by atoms with Gasteiger partial charge in [0.2, 0.25) is 5.91 Å². The topological polar surface area (TPSA) is 83.5 Å². The predicted octanol–water partition coefficient (Wildman–Crippen LogP) is 1.06. The molecule has 0 aliphatic rings. The number of amidine groups is 1. The van der Waals surface area contributed by atoms with Gasteiger partial charge in [0.1, 0.15) is 11.2 Å². The van der Waals surface area contributed by atoms with Crippen LogP contribution in [0, 0.1) is 6.92 Å². The molecule has 0 bridgehead atoms. The van der Waals surface area contributed by atoms with Gasteiger partial charge in [-0.25, -0.2) is 0 Å². The molecule has 0 atom stereocenters. The van der Waals surface area contributed by atoms with E-state index in [0.29, 0.717) is 5.84 Å². The summed E-state index contributed by atoms with van der Waals surface area (Å²) in [5.41, 5.74) is 0.155. The van der Waals surface area contributed by atoms with E-state index in [4.69, 9.17) is 0 Å². The van der Waals surface area contributed by atoms with Gasteiger partial charge in [0.15, 0.2) is 0 Å². The van der Waals surface area contributed by atoms with E-state index in [1.54, 1.807) is 46.1 Å². The van der Waals surface area contributed by atoms with Crippen molar-refractivity contribution in [2.75, 3.05) is 7.05 Å². The molecule has 0 saturated carbocycles. The molecule has 1 aromatic heterocycles. The van der Waals surface area contributed by atoms with Crippen LogP contribution in [0.1, 0.15) is 36.8 Å². The van der Waals surface area contributed by atoms with Crippen LogP contribution in [-0.2, 0) is 4.79 Å². The fraction of sp³-hybridized carbons (Fsp3) is 0.429. The fourth-order valence-corrected chi connectivity index (χ4v) is 1.44. The van der Waals surface area contributed by atoms with E-state index in [0.717, 1.165) is 5.56 Å². The van der Waals surface area contributed by atoms with Crippen LogP contribution in [-0.4, -0.2) is 35.2 Å². The first-order chi connectivity index (χ1) is 9.26. The number of aliphatic imine (C=N–C) groups is 1. The van der Waals surface area contributed by atoms with Crippen molar-refractivity contribution in [3.05, 3.63) is 29.6 Å². The smallest absolute Gasteiger partial charge is 0.270 e. The van der Waals surface area contributed by atoms with Crippen LogP contribution in [0.5, 0.6) is 0 Å². The number of pyridine rings is 1. The van der Waals surface area contributed by atoms with Crippen molar-refractivity contribution >= 4 is 17.6 Å². The number of rotatable bonds is 3. The average molecular weight is 276 g/mol. The molecule has 2 amide bonds. The Morgan fingerprint density at radius 2 is 2.00 bits per heavy atom. The summed E-state index contributed by atoms with van der Waals surface area (Å²) in [6.45, 7) is 6.80. The van der Waals surface area contributed by atoms with E-state index < -0.39 is 5.54 Å².